The Morgan fingerprint density at radius 3 is 2.33 bits per heavy atom. The molecule has 0 aliphatic carbocycles. The number of rotatable bonds is 12. The van der Waals surface area contributed by atoms with Crippen molar-refractivity contribution in [3.05, 3.63) is 23.9 Å². The van der Waals surface area contributed by atoms with Crippen molar-refractivity contribution in [1.82, 2.24) is 4.90 Å². The van der Waals surface area contributed by atoms with Crippen LogP contribution in [0.1, 0.15) is 46.5 Å². The predicted molar refractivity (Wildman–Crippen MR) is 92.9 cm³/mol. The van der Waals surface area contributed by atoms with E-state index in [1.165, 1.54) is 6.08 Å². The second kappa shape index (κ2) is 13.6. The molecule has 0 aromatic heterocycles. The first kappa shape index (κ1) is 22.2. The first-order chi connectivity index (χ1) is 11.4. The average molecular weight is 338 g/mol. The van der Waals surface area contributed by atoms with E-state index in [-0.39, 0.29) is 5.57 Å². The number of unbranched alkanes of at least 4 members (excludes halogenated alkanes) is 3. The minimum absolute atomic E-state index is 0.0733. The number of allylic oxidation sites excluding steroid dienone is 2. The second-order valence-corrected chi connectivity index (χ2v) is 5.88. The molecule has 2 N–H and O–H groups in total. The quantitative estimate of drug-likeness (QED) is 0.186. The lowest BCUT2D eigenvalue weighted by molar-refractivity contribution is -0.138. The molecule has 24 heavy (non-hydrogen) atoms. The van der Waals surface area contributed by atoms with Gasteiger partial charge in [0.15, 0.2) is 0 Å². The van der Waals surface area contributed by atoms with E-state index in [0.29, 0.717) is 19.7 Å². The van der Waals surface area contributed by atoms with Crippen LogP contribution >= 0.6 is 0 Å². The van der Waals surface area contributed by atoms with Gasteiger partial charge in [-0.3, -0.25) is 0 Å². The maximum Gasteiger partial charge on any atom is 0.348 e. The topological polar surface area (TPSA) is 93.8 Å². The third-order valence-electron chi connectivity index (χ3n) is 3.13. The Morgan fingerprint density at radius 2 is 1.83 bits per heavy atom. The van der Waals surface area contributed by atoms with E-state index < -0.39 is 18.2 Å². The highest BCUT2D eigenvalue weighted by atomic mass is 16.5. The molecule has 0 radical (unpaired) electrons. The molecule has 0 saturated heterocycles. The van der Waals surface area contributed by atoms with Gasteiger partial charge in [0.05, 0.1) is 18.8 Å². The fraction of sp³-hybridized carbons (Fsp3) is 0.667. The van der Waals surface area contributed by atoms with Crippen molar-refractivity contribution in [2.75, 3.05) is 19.7 Å². The lowest BCUT2D eigenvalue weighted by Crippen LogP contribution is -2.32. The number of hydrogen-bond donors (Lipinski definition) is 2. The van der Waals surface area contributed by atoms with E-state index in [1.807, 2.05) is 6.07 Å². The van der Waals surface area contributed by atoms with E-state index in [4.69, 9.17) is 10.00 Å². The standard InChI is InChI=1S/C18H30N2O4/c1-4-5-6-7-11-24-18(23)17(12-19)9-8-10-20(13-15(2)21)14-16(3)22/h8-10,15-16,21-22H,4-7,11,13-14H2,1-3H3/b10-8+,17-9+. The van der Waals surface area contributed by atoms with Crippen LogP contribution in [0.4, 0.5) is 0 Å². The van der Waals surface area contributed by atoms with Gasteiger partial charge in [-0.1, -0.05) is 26.2 Å². The van der Waals surface area contributed by atoms with Crippen molar-refractivity contribution in [1.29, 1.82) is 5.26 Å². The molecule has 136 valence electrons. The zero-order valence-corrected chi connectivity index (χ0v) is 14.9. The summed E-state index contributed by atoms with van der Waals surface area (Å²) < 4.78 is 5.07. The number of carbonyl (C=O) groups is 1. The lowest BCUT2D eigenvalue weighted by atomic mass is 10.2. The molecule has 0 heterocycles. The molecule has 0 bridgehead atoms. The van der Waals surface area contributed by atoms with Crippen molar-refractivity contribution in [3.8, 4) is 6.07 Å². The van der Waals surface area contributed by atoms with Crippen molar-refractivity contribution < 1.29 is 19.7 Å². The Kier molecular flexibility index (Phi) is 12.5. The maximum absolute atomic E-state index is 11.8. The minimum Gasteiger partial charge on any atom is -0.462 e. The molecule has 0 aromatic rings. The summed E-state index contributed by atoms with van der Waals surface area (Å²) in [6.07, 6.45) is 7.45. The van der Waals surface area contributed by atoms with Crippen LogP contribution in [0.5, 0.6) is 0 Å². The van der Waals surface area contributed by atoms with Crippen LogP contribution < -0.4 is 0 Å². The van der Waals surface area contributed by atoms with Crippen molar-refractivity contribution in [2.24, 2.45) is 0 Å². The molecular formula is C18H30N2O4. The molecule has 0 fully saturated rings. The molecule has 6 heteroatoms. The van der Waals surface area contributed by atoms with E-state index in [1.54, 1.807) is 31.0 Å². The first-order valence-electron chi connectivity index (χ1n) is 8.46. The van der Waals surface area contributed by atoms with E-state index >= 15 is 0 Å². The Balaban J connectivity index is 4.56. The van der Waals surface area contributed by atoms with Gasteiger partial charge >= 0.3 is 5.97 Å². The van der Waals surface area contributed by atoms with Gasteiger partial charge in [-0.15, -0.1) is 0 Å². The van der Waals surface area contributed by atoms with E-state index in [2.05, 4.69) is 6.92 Å². The van der Waals surface area contributed by atoms with Gasteiger partial charge in [0, 0.05) is 13.1 Å². The second-order valence-electron chi connectivity index (χ2n) is 5.88. The van der Waals surface area contributed by atoms with E-state index in [9.17, 15) is 15.0 Å². The lowest BCUT2D eigenvalue weighted by Gasteiger charge is -2.23. The van der Waals surface area contributed by atoms with Crippen LogP contribution in [0.15, 0.2) is 23.9 Å². The summed E-state index contributed by atoms with van der Waals surface area (Å²) in [5.74, 6) is -0.628. The maximum atomic E-state index is 11.8. The number of aliphatic hydroxyl groups is 2. The highest BCUT2D eigenvalue weighted by Crippen LogP contribution is 2.03. The summed E-state index contributed by atoms with van der Waals surface area (Å²) in [6.45, 7) is 6.41. The number of ether oxygens (including phenoxy) is 1. The van der Waals surface area contributed by atoms with Crippen molar-refractivity contribution in [3.63, 3.8) is 0 Å². The molecule has 2 atom stereocenters. The summed E-state index contributed by atoms with van der Waals surface area (Å²) in [6, 6.07) is 1.83. The third kappa shape index (κ3) is 11.7. The summed E-state index contributed by atoms with van der Waals surface area (Å²) in [5.41, 5.74) is -0.0733. The first-order valence-corrected chi connectivity index (χ1v) is 8.46. The SMILES string of the molecule is CCCCCCOC(=O)/C(C#N)=C/C=C/N(CC(C)O)CC(C)O. The number of nitrogens with zero attached hydrogens (tertiary/aromatic N) is 2. The molecule has 0 saturated carbocycles. The van der Waals surface area contributed by atoms with Gasteiger partial charge in [0.25, 0.3) is 0 Å². The monoisotopic (exact) mass is 338 g/mol. The highest BCUT2D eigenvalue weighted by molar-refractivity contribution is 5.93. The van der Waals surface area contributed by atoms with Crippen molar-refractivity contribution in [2.45, 2.75) is 58.7 Å². The van der Waals surface area contributed by atoms with Crippen LogP contribution in [0.25, 0.3) is 0 Å². The molecule has 6 nitrogen and oxygen atoms in total. The largest absolute Gasteiger partial charge is 0.462 e. The van der Waals surface area contributed by atoms with Crippen LogP contribution in [-0.2, 0) is 9.53 Å². The molecule has 0 spiro atoms. The predicted octanol–water partition coefficient (Wildman–Crippen LogP) is 2.14. The third-order valence-corrected chi connectivity index (χ3v) is 3.13. The Labute approximate surface area is 145 Å². The summed E-state index contributed by atoms with van der Waals surface area (Å²) in [5, 5.41) is 27.9. The summed E-state index contributed by atoms with van der Waals surface area (Å²) in [7, 11) is 0. The number of aliphatic hydroxyl groups excluding tert-OH is 2. The molecule has 0 aromatic carbocycles. The molecule has 0 amide bonds. The van der Waals surface area contributed by atoms with Crippen LogP contribution in [-0.4, -0.2) is 53.0 Å². The molecule has 0 rings (SSSR count). The zero-order chi connectivity index (χ0) is 18.4. The van der Waals surface area contributed by atoms with Gasteiger partial charge in [-0.25, -0.2) is 4.79 Å². The summed E-state index contributed by atoms with van der Waals surface area (Å²) in [4.78, 5) is 13.5. The minimum atomic E-state index is -0.628. The zero-order valence-electron chi connectivity index (χ0n) is 14.9. The van der Waals surface area contributed by atoms with Crippen LogP contribution in [0.2, 0.25) is 0 Å². The fourth-order valence-corrected chi connectivity index (χ4v) is 2.06. The number of carbonyl (C=O) groups excluding carboxylic acids is 1. The van der Waals surface area contributed by atoms with Crippen LogP contribution in [0, 0.1) is 11.3 Å². The fourth-order valence-electron chi connectivity index (χ4n) is 2.06. The molecule has 0 aliphatic rings. The van der Waals surface area contributed by atoms with Gasteiger partial charge in [-0.05, 0) is 38.6 Å². The van der Waals surface area contributed by atoms with Gasteiger partial charge in [-0.2, -0.15) is 5.26 Å². The van der Waals surface area contributed by atoms with Crippen molar-refractivity contribution >= 4 is 5.97 Å². The number of nitriles is 1. The average Bonchev–Trinajstić information content (AvgIpc) is 2.49. The van der Waals surface area contributed by atoms with Gasteiger partial charge < -0.3 is 19.8 Å². The smallest absolute Gasteiger partial charge is 0.348 e. The van der Waals surface area contributed by atoms with Crippen LogP contribution in [0.3, 0.4) is 0 Å². The molecular weight excluding hydrogens is 308 g/mol. The van der Waals surface area contributed by atoms with Gasteiger partial charge in [0.2, 0.25) is 0 Å². The molecule has 0 aliphatic heterocycles. The Hall–Kier alpha value is -1.84. The normalized spacial score (nSPS) is 14.2. The highest BCUT2D eigenvalue weighted by Gasteiger charge is 2.10. The van der Waals surface area contributed by atoms with E-state index in [0.717, 1.165) is 25.7 Å². The number of hydrogen-bond acceptors (Lipinski definition) is 6. The number of esters is 1. The Morgan fingerprint density at radius 1 is 1.21 bits per heavy atom. The molecule has 2 unspecified atom stereocenters. The Bertz CT molecular complexity index is 440. The van der Waals surface area contributed by atoms with Gasteiger partial charge in [0.1, 0.15) is 11.6 Å². The summed E-state index contributed by atoms with van der Waals surface area (Å²) >= 11 is 0.